The van der Waals surface area contributed by atoms with Gasteiger partial charge in [0.2, 0.25) is 0 Å². The predicted molar refractivity (Wildman–Crippen MR) is 126 cm³/mol. The van der Waals surface area contributed by atoms with Crippen molar-refractivity contribution in [3.63, 3.8) is 0 Å². The first kappa shape index (κ1) is 23.1. The molecule has 0 radical (unpaired) electrons. The monoisotopic (exact) mass is 522 g/mol. The number of halogens is 2. The van der Waals surface area contributed by atoms with E-state index in [0.717, 1.165) is 11.1 Å². The second kappa shape index (κ2) is 9.72. The van der Waals surface area contributed by atoms with E-state index in [1.54, 1.807) is 30.3 Å². The molecule has 0 unspecified atom stereocenters. The predicted octanol–water partition coefficient (Wildman–Crippen LogP) is 5.54. The number of nitrogens with one attached hydrogen (secondary N) is 2. The van der Waals surface area contributed by atoms with E-state index in [1.807, 2.05) is 19.9 Å². The number of carbonyl (C=O) groups excluding carboxylic acids is 1. The second-order valence-electron chi connectivity index (χ2n) is 6.84. The van der Waals surface area contributed by atoms with Gasteiger partial charge >= 0.3 is 0 Å². The van der Waals surface area contributed by atoms with Gasteiger partial charge in [0.15, 0.2) is 6.61 Å². The largest absolute Gasteiger partial charge is 0.483 e. The number of rotatable bonds is 7. The fourth-order valence-corrected chi connectivity index (χ4v) is 4.52. The van der Waals surface area contributed by atoms with Gasteiger partial charge in [0.25, 0.3) is 15.9 Å². The number of hydrogen-bond acceptors (Lipinski definition) is 4. The highest BCUT2D eigenvalue weighted by Crippen LogP contribution is 2.28. The highest BCUT2D eigenvalue weighted by Gasteiger charge is 2.15. The fourth-order valence-electron chi connectivity index (χ4n) is 2.67. The zero-order chi connectivity index (χ0) is 22.6. The van der Waals surface area contributed by atoms with E-state index in [-0.39, 0.29) is 17.4 Å². The van der Waals surface area contributed by atoms with Crippen LogP contribution >= 0.6 is 27.5 Å². The molecule has 0 aliphatic carbocycles. The maximum atomic E-state index is 12.6. The van der Waals surface area contributed by atoms with Gasteiger partial charge in [-0.05, 0) is 95.5 Å². The standard InChI is InChI=1S/C22H20BrClN2O4S/c1-14-3-5-18(11-15(14)2)26-31(28,29)19-8-6-17(7-9-19)25-22(27)13-30-21-10-4-16(24)12-20(21)23/h3-12,26H,13H2,1-2H3,(H,25,27). The van der Waals surface area contributed by atoms with Crippen LogP contribution in [0.15, 0.2) is 70.0 Å². The van der Waals surface area contributed by atoms with E-state index in [4.69, 9.17) is 16.3 Å². The quantitative estimate of drug-likeness (QED) is 0.426. The zero-order valence-corrected chi connectivity index (χ0v) is 19.9. The molecule has 0 bridgehead atoms. The molecule has 0 fully saturated rings. The van der Waals surface area contributed by atoms with Gasteiger partial charge in [-0.3, -0.25) is 9.52 Å². The van der Waals surface area contributed by atoms with Crippen LogP contribution in [-0.2, 0) is 14.8 Å². The average Bonchev–Trinajstić information content (AvgIpc) is 2.70. The van der Waals surface area contributed by atoms with Crippen LogP contribution in [0.1, 0.15) is 11.1 Å². The van der Waals surface area contributed by atoms with Gasteiger partial charge in [0, 0.05) is 16.4 Å². The van der Waals surface area contributed by atoms with Crippen LogP contribution in [0.5, 0.6) is 5.75 Å². The summed E-state index contributed by atoms with van der Waals surface area (Å²) >= 11 is 9.20. The van der Waals surface area contributed by atoms with Crippen molar-refractivity contribution in [3.8, 4) is 5.75 Å². The summed E-state index contributed by atoms with van der Waals surface area (Å²) in [7, 11) is -3.75. The Bertz CT molecular complexity index is 1210. The van der Waals surface area contributed by atoms with Crippen molar-refractivity contribution in [2.45, 2.75) is 18.7 Å². The van der Waals surface area contributed by atoms with E-state index >= 15 is 0 Å². The lowest BCUT2D eigenvalue weighted by atomic mass is 10.1. The molecule has 2 N–H and O–H groups in total. The summed E-state index contributed by atoms with van der Waals surface area (Å²) in [5.41, 5.74) is 3.02. The van der Waals surface area contributed by atoms with Crippen LogP contribution in [0.4, 0.5) is 11.4 Å². The molecule has 31 heavy (non-hydrogen) atoms. The number of ether oxygens (including phenoxy) is 1. The zero-order valence-electron chi connectivity index (χ0n) is 16.8. The normalized spacial score (nSPS) is 11.1. The van der Waals surface area contributed by atoms with E-state index in [1.165, 1.54) is 24.3 Å². The molecule has 0 aliphatic rings. The first-order chi connectivity index (χ1) is 14.6. The van der Waals surface area contributed by atoms with E-state index in [2.05, 4.69) is 26.0 Å². The van der Waals surface area contributed by atoms with Crippen molar-refractivity contribution >= 4 is 54.8 Å². The van der Waals surface area contributed by atoms with E-state index in [9.17, 15) is 13.2 Å². The summed E-state index contributed by atoms with van der Waals surface area (Å²) in [6.45, 7) is 3.66. The minimum atomic E-state index is -3.75. The summed E-state index contributed by atoms with van der Waals surface area (Å²) in [4.78, 5) is 12.2. The lowest BCUT2D eigenvalue weighted by molar-refractivity contribution is -0.118. The number of amides is 1. The Labute approximate surface area is 194 Å². The van der Waals surface area contributed by atoms with Crippen molar-refractivity contribution < 1.29 is 17.9 Å². The van der Waals surface area contributed by atoms with Crippen LogP contribution in [0.3, 0.4) is 0 Å². The highest BCUT2D eigenvalue weighted by atomic mass is 79.9. The SMILES string of the molecule is Cc1ccc(NS(=O)(=O)c2ccc(NC(=O)COc3ccc(Cl)cc3Br)cc2)cc1C. The van der Waals surface area contributed by atoms with Crippen molar-refractivity contribution in [2.24, 2.45) is 0 Å². The maximum Gasteiger partial charge on any atom is 0.262 e. The molecule has 3 rings (SSSR count). The lowest BCUT2D eigenvalue weighted by Gasteiger charge is -2.11. The third-order valence-electron chi connectivity index (χ3n) is 4.46. The summed E-state index contributed by atoms with van der Waals surface area (Å²) in [6.07, 6.45) is 0. The molecule has 0 atom stereocenters. The molecule has 0 saturated heterocycles. The van der Waals surface area contributed by atoms with E-state index < -0.39 is 10.0 Å². The minimum absolute atomic E-state index is 0.0880. The highest BCUT2D eigenvalue weighted by molar-refractivity contribution is 9.10. The molecule has 0 aliphatic heterocycles. The number of aryl methyl sites for hydroxylation is 2. The Morgan fingerprint density at radius 2 is 1.65 bits per heavy atom. The molecule has 0 saturated carbocycles. The molecular weight excluding hydrogens is 504 g/mol. The summed E-state index contributed by atoms with van der Waals surface area (Å²) in [5, 5.41) is 3.21. The lowest BCUT2D eigenvalue weighted by Crippen LogP contribution is -2.20. The summed E-state index contributed by atoms with van der Waals surface area (Å²) in [5.74, 6) is 0.101. The smallest absolute Gasteiger partial charge is 0.262 e. The number of benzene rings is 3. The number of hydrogen-bond donors (Lipinski definition) is 2. The Morgan fingerprint density at radius 1 is 0.968 bits per heavy atom. The van der Waals surface area contributed by atoms with Crippen molar-refractivity contribution in [1.29, 1.82) is 0 Å². The van der Waals surface area contributed by atoms with Gasteiger partial charge in [-0.25, -0.2) is 8.42 Å². The van der Waals surface area contributed by atoms with Gasteiger partial charge in [-0.15, -0.1) is 0 Å². The van der Waals surface area contributed by atoms with Gasteiger partial charge in [-0.2, -0.15) is 0 Å². The van der Waals surface area contributed by atoms with Crippen molar-refractivity contribution in [2.75, 3.05) is 16.6 Å². The van der Waals surface area contributed by atoms with Gasteiger partial charge < -0.3 is 10.1 Å². The Hall–Kier alpha value is -2.55. The maximum absolute atomic E-state index is 12.6. The molecule has 3 aromatic carbocycles. The van der Waals surface area contributed by atoms with Gasteiger partial charge in [0.1, 0.15) is 5.75 Å². The van der Waals surface area contributed by atoms with Crippen molar-refractivity contribution in [3.05, 3.63) is 81.3 Å². The number of anilines is 2. The van der Waals surface area contributed by atoms with Gasteiger partial charge in [-0.1, -0.05) is 17.7 Å². The molecular formula is C22H20BrClN2O4S. The van der Waals surface area contributed by atoms with Crippen molar-refractivity contribution in [1.82, 2.24) is 0 Å². The molecule has 0 aromatic heterocycles. The first-order valence-electron chi connectivity index (χ1n) is 9.22. The van der Waals surface area contributed by atoms with Crippen LogP contribution in [0.25, 0.3) is 0 Å². The topological polar surface area (TPSA) is 84.5 Å². The molecule has 162 valence electrons. The third kappa shape index (κ3) is 6.22. The molecule has 9 heteroatoms. The minimum Gasteiger partial charge on any atom is -0.483 e. The molecule has 0 heterocycles. The number of carbonyl (C=O) groups is 1. The molecule has 1 amide bonds. The van der Waals surface area contributed by atoms with Crippen LogP contribution in [0, 0.1) is 13.8 Å². The average molecular weight is 524 g/mol. The first-order valence-corrected chi connectivity index (χ1v) is 11.9. The number of sulfonamides is 1. The Kier molecular flexibility index (Phi) is 7.25. The summed E-state index contributed by atoms with van der Waals surface area (Å²) < 4.78 is 33.9. The fraction of sp³-hybridized carbons (Fsp3) is 0.136. The Morgan fingerprint density at radius 3 is 2.29 bits per heavy atom. The van der Waals surface area contributed by atoms with E-state index in [0.29, 0.717) is 26.6 Å². The van der Waals surface area contributed by atoms with Gasteiger partial charge in [0.05, 0.1) is 9.37 Å². The van der Waals surface area contributed by atoms with Crippen LogP contribution in [-0.4, -0.2) is 20.9 Å². The van der Waals surface area contributed by atoms with Crippen LogP contribution < -0.4 is 14.8 Å². The molecule has 0 spiro atoms. The summed E-state index contributed by atoms with van der Waals surface area (Å²) in [6, 6.07) is 16.2. The third-order valence-corrected chi connectivity index (χ3v) is 6.71. The molecule has 3 aromatic rings. The second-order valence-corrected chi connectivity index (χ2v) is 9.81. The molecule has 6 nitrogen and oxygen atoms in total. The Balaban J connectivity index is 1.61. The van der Waals surface area contributed by atoms with Crippen LogP contribution in [0.2, 0.25) is 5.02 Å².